The molecular weight excluding hydrogens is 421 g/mol. The number of alkyl halides is 3. The first-order valence-corrected chi connectivity index (χ1v) is 10.4. The Morgan fingerprint density at radius 3 is 2.66 bits per heavy atom. The minimum atomic E-state index is -4.49. The second-order valence-electron chi connectivity index (χ2n) is 8.03. The Labute approximate surface area is 181 Å². The van der Waals surface area contributed by atoms with E-state index < -0.39 is 11.9 Å². The second kappa shape index (κ2) is 7.85. The average Bonchev–Trinajstić information content (AvgIpc) is 3.42. The number of carbonyl (C=O) groups excluding carboxylic acids is 1. The van der Waals surface area contributed by atoms with Crippen LogP contribution in [0.3, 0.4) is 0 Å². The number of hydrogen-bond acceptors (Lipinski definition) is 4. The quantitative estimate of drug-likeness (QED) is 0.438. The zero-order chi connectivity index (χ0) is 22.3. The van der Waals surface area contributed by atoms with E-state index in [9.17, 15) is 18.0 Å². The van der Waals surface area contributed by atoms with Crippen LogP contribution in [0.4, 0.5) is 19.0 Å². The van der Waals surface area contributed by atoms with Gasteiger partial charge in [-0.05, 0) is 49.9 Å². The Morgan fingerprint density at radius 2 is 1.88 bits per heavy atom. The van der Waals surface area contributed by atoms with Crippen molar-refractivity contribution in [1.82, 2.24) is 24.7 Å². The highest BCUT2D eigenvalue weighted by Gasteiger charge is 2.34. The summed E-state index contributed by atoms with van der Waals surface area (Å²) in [5.41, 5.74) is 0.596. The van der Waals surface area contributed by atoms with Crippen molar-refractivity contribution in [3.63, 3.8) is 0 Å². The summed E-state index contributed by atoms with van der Waals surface area (Å²) >= 11 is 0. The van der Waals surface area contributed by atoms with Gasteiger partial charge in [0.2, 0.25) is 0 Å². The van der Waals surface area contributed by atoms with Crippen molar-refractivity contribution in [2.75, 3.05) is 5.32 Å². The molecule has 3 N–H and O–H groups in total. The van der Waals surface area contributed by atoms with Gasteiger partial charge in [-0.15, -0.1) is 0 Å². The van der Waals surface area contributed by atoms with Gasteiger partial charge in [0, 0.05) is 36.1 Å². The highest BCUT2D eigenvalue weighted by molar-refractivity contribution is 6.05. The molecule has 7 nitrogen and oxygen atoms in total. The summed E-state index contributed by atoms with van der Waals surface area (Å²) in [5.74, 6) is 0.445. The molecule has 0 aliphatic heterocycles. The van der Waals surface area contributed by atoms with Crippen molar-refractivity contribution in [2.24, 2.45) is 0 Å². The van der Waals surface area contributed by atoms with E-state index in [1.54, 1.807) is 36.7 Å². The van der Waals surface area contributed by atoms with E-state index in [1.807, 2.05) is 6.07 Å². The van der Waals surface area contributed by atoms with Crippen molar-refractivity contribution in [3.8, 4) is 0 Å². The molecule has 0 bridgehead atoms. The molecule has 0 atom stereocenters. The summed E-state index contributed by atoms with van der Waals surface area (Å²) in [6.45, 7) is 0. The van der Waals surface area contributed by atoms with Gasteiger partial charge in [-0.2, -0.15) is 13.2 Å². The van der Waals surface area contributed by atoms with Gasteiger partial charge >= 0.3 is 6.18 Å². The molecule has 0 radical (unpaired) electrons. The van der Waals surface area contributed by atoms with Gasteiger partial charge in [-0.3, -0.25) is 9.20 Å². The lowest BCUT2D eigenvalue weighted by atomic mass is 9.91. The molecule has 0 unspecified atom stereocenters. The summed E-state index contributed by atoms with van der Waals surface area (Å²) in [4.78, 5) is 23.6. The van der Waals surface area contributed by atoms with Crippen LogP contribution >= 0.6 is 0 Å². The molecule has 1 amide bonds. The number of nitrogens with zero attached hydrogens (tertiary/aromatic N) is 3. The number of aromatic nitrogens is 4. The molecule has 32 heavy (non-hydrogen) atoms. The minimum absolute atomic E-state index is 0.0450. The largest absolute Gasteiger partial charge is 0.434 e. The molecule has 0 saturated heterocycles. The van der Waals surface area contributed by atoms with E-state index in [-0.39, 0.29) is 23.6 Å². The first-order chi connectivity index (χ1) is 15.4. The van der Waals surface area contributed by atoms with Crippen molar-refractivity contribution in [2.45, 2.75) is 43.9 Å². The van der Waals surface area contributed by atoms with E-state index >= 15 is 0 Å². The first-order valence-electron chi connectivity index (χ1n) is 10.4. The summed E-state index contributed by atoms with van der Waals surface area (Å²) in [5, 5.41) is 7.23. The maximum absolute atomic E-state index is 13.0. The smallest absolute Gasteiger partial charge is 0.368 e. The van der Waals surface area contributed by atoms with Gasteiger partial charge in [-0.1, -0.05) is 6.07 Å². The summed E-state index contributed by atoms with van der Waals surface area (Å²) in [6.07, 6.45) is 3.02. The van der Waals surface area contributed by atoms with Crippen LogP contribution in [0, 0.1) is 0 Å². The lowest BCUT2D eigenvalue weighted by Gasteiger charge is -2.30. The van der Waals surface area contributed by atoms with Crippen molar-refractivity contribution in [3.05, 3.63) is 60.2 Å². The molecule has 1 aliphatic carbocycles. The van der Waals surface area contributed by atoms with Gasteiger partial charge in [0.05, 0.1) is 5.56 Å². The van der Waals surface area contributed by atoms with Crippen LogP contribution in [0.5, 0.6) is 0 Å². The number of aromatic amines is 1. The van der Waals surface area contributed by atoms with E-state index in [2.05, 4.69) is 25.6 Å². The Hall–Kier alpha value is -3.56. The highest BCUT2D eigenvalue weighted by Crippen LogP contribution is 2.30. The standard InChI is InChI=1S/C22H21F3N6O/c23-22(24,25)17-12-31-18(2-1-3-19(31)30-17)28-13-4-6-14(7-5-13)29-21(32)16-9-11-27-20-15(16)8-10-26-20/h1-3,8-14,28H,4-7H2,(H,26,27)(H,29,32). The van der Waals surface area contributed by atoms with Crippen LogP contribution in [0.1, 0.15) is 41.7 Å². The van der Waals surface area contributed by atoms with Crippen LogP contribution in [0.25, 0.3) is 16.7 Å². The van der Waals surface area contributed by atoms with Crippen molar-refractivity contribution >= 4 is 28.4 Å². The number of fused-ring (bicyclic) bond motifs is 2. The molecule has 1 saturated carbocycles. The second-order valence-corrected chi connectivity index (χ2v) is 8.03. The molecule has 10 heteroatoms. The number of pyridine rings is 2. The minimum Gasteiger partial charge on any atom is -0.368 e. The molecule has 1 aliphatic rings. The maximum atomic E-state index is 13.0. The fourth-order valence-corrected chi connectivity index (χ4v) is 4.28. The van der Waals surface area contributed by atoms with Crippen LogP contribution < -0.4 is 10.6 Å². The summed E-state index contributed by atoms with van der Waals surface area (Å²) in [6, 6.07) is 8.67. The third-order valence-electron chi connectivity index (χ3n) is 5.90. The molecule has 0 spiro atoms. The lowest BCUT2D eigenvalue weighted by molar-refractivity contribution is -0.140. The van der Waals surface area contributed by atoms with Crippen molar-refractivity contribution < 1.29 is 18.0 Å². The number of imidazole rings is 1. The van der Waals surface area contributed by atoms with Crippen molar-refractivity contribution in [1.29, 1.82) is 0 Å². The molecule has 1 fully saturated rings. The number of halogens is 3. The Balaban J connectivity index is 1.22. The molecular formula is C22H21F3N6O. The van der Waals surface area contributed by atoms with Crippen LogP contribution in [-0.4, -0.2) is 37.3 Å². The molecule has 4 aromatic heterocycles. The SMILES string of the molecule is O=C(NC1CCC(Nc2cccc3nc(C(F)(F)F)cn23)CC1)c1ccnc2[nH]ccc12. The maximum Gasteiger partial charge on any atom is 0.434 e. The number of carbonyl (C=O) groups is 1. The molecule has 0 aromatic carbocycles. The fraction of sp³-hybridized carbons (Fsp3) is 0.318. The van der Waals surface area contributed by atoms with E-state index in [4.69, 9.17) is 0 Å². The van der Waals surface area contributed by atoms with E-state index in [0.29, 0.717) is 17.0 Å². The zero-order valence-corrected chi connectivity index (χ0v) is 17.0. The van der Waals surface area contributed by atoms with E-state index in [0.717, 1.165) is 37.3 Å². The van der Waals surface area contributed by atoms with Crippen LogP contribution in [0.2, 0.25) is 0 Å². The van der Waals surface area contributed by atoms with Gasteiger partial charge in [0.1, 0.15) is 17.1 Å². The molecule has 4 heterocycles. The Morgan fingerprint density at radius 1 is 1.09 bits per heavy atom. The molecule has 4 aromatic rings. The van der Waals surface area contributed by atoms with Gasteiger partial charge in [-0.25, -0.2) is 9.97 Å². The van der Waals surface area contributed by atoms with E-state index in [1.165, 1.54) is 4.40 Å². The normalized spacial score (nSPS) is 19.3. The number of rotatable bonds is 4. The zero-order valence-electron chi connectivity index (χ0n) is 17.0. The third kappa shape index (κ3) is 3.88. The Kier molecular flexibility index (Phi) is 4.99. The van der Waals surface area contributed by atoms with Gasteiger partial charge in [0.25, 0.3) is 5.91 Å². The Bertz CT molecular complexity index is 1270. The lowest BCUT2D eigenvalue weighted by Crippen LogP contribution is -2.40. The predicted molar refractivity (Wildman–Crippen MR) is 113 cm³/mol. The number of hydrogen-bond donors (Lipinski definition) is 3. The van der Waals surface area contributed by atoms with Crippen LogP contribution in [0.15, 0.2) is 48.9 Å². The number of H-pyrrole nitrogens is 1. The fourth-order valence-electron chi connectivity index (χ4n) is 4.28. The van der Waals surface area contributed by atoms with Crippen LogP contribution in [-0.2, 0) is 6.18 Å². The number of anilines is 1. The monoisotopic (exact) mass is 442 g/mol. The number of amides is 1. The third-order valence-corrected chi connectivity index (χ3v) is 5.90. The topological polar surface area (TPSA) is 87.1 Å². The predicted octanol–water partition coefficient (Wildman–Crippen LogP) is 4.38. The van der Waals surface area contributed by atoms with Gasteiger partial charge < -0.3 is 15.6 Å². The number of nitrogens with one attached hydrogen (secondary N) is 3. The summed E-state index contributed by atoms with van der Waals surface area (Å²) in [7, 11) is 0. The molecule has 5 rings (SSSR count). The van der Waals surface area contributed by atoms with Gasteiger partial charge in [0.15, 0.2) is 5.69 Å². The average molecular weight is 442 g/mol. The highest BCUT2D eigenvalue weighted by atomic mass is 19.4. The summed E-state index contributed by atoms with van der Waals surface area (Å²) < 4.78 is 40.5. The molecule has 166 valence electrons. The first kappa shape index (κ1) is 20.3.